The highest BCUT2D eigenvalue weighted by molar-refractivity contribution is 5.69. The first-order valence-electron chi connectivity index (χ1n) is 8.97. The molecule has 0 amide bonds. The Kier molecular flexibility index (Phi) is 5.10. The third-order valence-electron chi connectivity index (χ3n) is 4.15. The van der Waals surface area contributed by atoms with Crippen LogP contribution in [0.4, 0.5) is 0 Å². The minimum absolute atomic E-state index is 0.0651. The van der Waals surface area contributed by atoms with E-state index >= 15 is 0 Å². The predicted octanol–water partition coefficient (Wildman–Crippen LogP) is 2.12. The van der Waals surface area contributed by atoms with Gasteiger partial charge in [0.2, 0.25) is 11.7 Å². The molecule has 4 aromatic heterocycles. The quantitative estimate of drug-likeness (QED) is 0.459. The maximum atomic E-state index is 12.2. The molecule has 146 valence electrons. The van der Waals surface area contributed by atoms with E-state index in [0.717, 1.165) is 5.56 Å². The Balaban J connectivity index is 1.34. The lowest BCUT2D eigenvalue weighted by Crippen LogP contribution is -2.17. The zero-order valence-corrected chi connectivity index (χ0v) is 15.6. The number of rotatable bonds is 6. The molecule has 4 aromatic rings. The molecule has 0 atom stereocenters. The molecular formula is C20H17N5O4. The van der Waals surface area contributed by atoms with E-state index in [1.807, 2.05) is 19.1 Å². The van der Waals surface area contributed by atoms with E-state index < -0.39 is 5.97 Å². The van der Waals surface area contributed by atoms with Crippen molar-refractivity contribution in [2.24, 2.45) is 0 Å². The zero-order chi connectivity index (χ0) is 20.2. The second kappa shape index (κ2) is 8.01. The van der Waals surface area contributed by atoms with Gasteiger partial charge >= 0.3 is 5.97 Å². The van der Waals surface area contributed by atoms with E-state index in [1.165, 1.54) is 10.5 Å². The number of aryl methyl sites for hydroxylation is 2. The number of carbonyl (C=O) groups is 1. The number of aromatic nitrogens is 5. The molecule has 9 heteroatoms. The molecule has 0 spiro atoms. The molecule has 9 nitrogen and oxygen atoms in total. The van der Waals surface area contributed by atoms with Crippen LogP contribution in [-0.4, -0.2) is 30.5 Å². The average Bonchev–Trinajstić information content (AvgIpc) is 3.21. The van der Waals surface area contributed by atoms with Crippen molar-refractivity contribution >= 4 is 11.6 Å². The van der Waals surface area contributed by atoms with Gasteiger partial charge in [0, 0.05) is 24.9 Å². The van der Waals surface area contributed by atoms with Crippen molar-refractivity contribution in [1.29, 1.82) is 0 Å². The monoisotopic (exact) mass is 391 g/mol. The summed E-state index contributed by atoms with van der Waals surface area (Å²) < 4.78 is 11.8. The van der Waals surface area contributed by atoms with E-state index in [0.29, 0.717) is 28.8 Å². The van der Waals surface area contributed by atoms with Crippen LogP contribution in [0.25, 0.3) is 17.2 Å². The Labute approximate surface area is 165 Å². The second-order valence-corrected chi connectivity index (χ2v) is 6.41. The first-order valence-corrected chi connectivity index (χ1v) is 8.97. The van der Waals surface area contributed by atoms with Crippen LogP contribution in [0.3, 0.4) is 0 Å². The molecule has 4 rings (SSSR count). The largest absolute Gasteiger partial charge is 0.459 e. The fourth-order valence-corrected chi connectivity index (χ4v) is 2.72. The lowest BCUT2D eigenvalue weighted by atomic mass is 10.3. The summed E-state index contributed by atoms with van der Waals surface area (Å²) in [6.07, 6.45) is 3.65. The van der Waals surface area contributed by atoms with Gasteiger partial charge in [-0.15, -0.1) is 0 Å². The summed E-state index contributed by atoms with van der Waals surface area (Å²) in [5.41, 5.74) is 2.21. The van der Waals surface area contributed by atoms with Crippen molar-refractivity contribution in [3.8, 4) is 11.5 Å². The molecule has 0 aliphatic rings. The van der Waals surface area contributed by atoms with E-state index in [1.54, 1.807) is 30.6 Å². The summed E-state index contributed by atoms with van der Waals surface area (Å²) in [5.74, 6) is 0.235. The summed E-state index contributed by atoms with van der Waals surface area (Å²) in [7, 11) is 0. The molecular weight excluding hydrogens is 374 g/mol. The lowest BCUT2D eigenvalue weighted by molar-refractivity contribution is -0.145. The van der Waals surface area contributed by atoms with Crippen molar-refractivity contribution in [2.45, 2.75) is 26.4 Å². The zero-order valence-electron chi connectivity index (χ0n) is 15.6. The van der Waals surface area contributed by atoms with Crippen LogP contribution in [0.2, 0.25) is 0 Å². The number of nitrogens with zero attached hydrogens (tertiary/aromatic N) is 5. The van der Waals surface area contributed by atoms with E-state index in [4.69, 9.17) is 9.26 Å². The Morgan fingerprint density at radius 3 is 2.93 bits per heavy atom. The van der Waals surface area contributed by atoms with E-state index in [-0.39, 0.29) is 25.0 Å². The molecule has 0 aliphatic heterocycles. The Bertz CT molecular complexity index is 1220. The SMILES string of the molecule is Cc1ccc2nc(COC(=O)CCc3nc(-c4ccccn4)no3)cc(=O)n2c1. The van der Waals surface area contributed by atoms with Gasteiger partial charge in [-0.05, 0) is 30.7 Å². The van der Waals surface area contributed by atoms with Crippen LogP contribution in [-0.2, 0) is 22.6 Å². The highest BCUT2D eigenvalue weighted by atomic mass is 16.5. The molecule has 0 saturated heterocycles. The number of fused-ring (bicyclic) bond motifs is 1. The summed E-state index contributed by atoms with van der Waals surface area (Å²) in [6, 6.07) is 10.3. The average molecular weight is 391 g/mol. The van der Waals surface area contributed by atoms with Crippen molar-refractivity contribution < 1.29 is 14.1 Å². The Hall–Kier alpha value is -3.88. The number of pyridine rings is 2. The highest BCUT2D eigenvalue weighted by Gasteiger charge is 2.12. The molecule has 0 aliphatic carbocycles. The first-order chi connectivity index (χ1) is 14.1. The second-order valence-electron chi connectivity index (χ2n) is 6.41. The van der Waals surface area contributed by atoms with Gasteiger partial charge in [-0.3, -0.25) is 19.0 Å². The molecule has 0 unspecified atom stereocenters. The number of hydrogen-bond donors (Lipinski definition) is 0. The minimum Gasteiger partial charge on any atom is -0.459 e. The molecule has 0 aromatic carbocycles. The molecule has 4 heterocycles. The lowest BCUT2D eigenvalue weighted by Gasteiger charge is -2.06. The van der Waals surface area contributed by atoms with Gasteiger partial charge < -0.3 is 9.26 Å². The number of carbonyl (C=O) groups excluding carboxylic acids is 1. The van der Waals surface area contributed by atoms with E-state index in [9.17, 15) is 9.59 Å². The maximum absolute atomic E-state index is 12.2. The summed E-state index contributed by atoms with van der Waals surface area (Å²) in [4.78, 5) is 36.9. The summed E-state index contributed by atoms with van der Waals surface area (Å²) in [6.45, 7) is 1.81. The number of ether oxygens (including phenoxy) is 1. The summed E-state index contributed by atoms with van der Waals surface area (Å²) in [5, 5.41) is 3.85. The number of esters is 1. The van der Waals surface area contributed by atoms with E-state index in [2.05, 4.69) is 20.1 Å². The smallest absolute Gasteiger partial charge is 0.306 e. The topological polar surface area (TPSA) is 112 Å². The van der Waals surface area contributed by atoms with Crippen LogP contribution < -0.4 is 5.56 Å². The Morgan fingerprint density at radius 1 is 1.21 bits per heavy atom. The van der Waals surface area contributed by atoms with Gasteiger partial charge in [-0.1, -0.05) is 17.3 Å². The van der Waals surface area contributed by atoms with Gasteiger partial charge in [-0.2, -0.15) is 4.98 Å². The molecule has 0 N–H and O–H groups in total. The molecule has 0 fully saturated rings. The van der Waals surface area contributed by atoms with Gasteiger partial charge in [0.25, 0.3) is 5.56 Å². The first kappa shape index (κ1) is 18.5. The molecule has 0 saturated carbocycles. The molecule has 0 radical (unpaired) electrons. The third-order valence-corrected chi connectivity index (χ3v) is 4.15. The minimum atomic E-state index is -0.450. The predicted molar refractivity (Wildman–Crippen MR) is 102 cm³/mol. The number of hydrogen-bond acceptors (Lipinski definition) is 8. The normalized spacial score (nSPS) is 10.9. The van der Waals surface area contributed by atoms with Crippen LogP contribution >= 0.6 is 0 Å². The van der Waals surface area contributed by atoms with Crippen LogP contribution in [0.5, 0.6) is 0 Å². The van der Waals surface area contributed by atoms with Crippen molar-refractivity contribution in [1.82, 2.24) is 24.5 Å². The van der Waals surface area contributed by atoms with Crippen molar-refractivity contribution in [3.63, 3.8) is 0 Å². The molecule has 29 heavy (non-hydrogen) atoms. The fraction of sp³-hybridized carbons (Fsp3) is 0.200. The van der Waals surface area contributed by atoms with Gasteiger partial charge in [0.15, 0.2) is 0 Å². The Morgan fingerprint density at radius 2 is 2.10 bits per heavy atom. The van der Waals surface area contributed by atoms with Crippen LogP contribution in [0, 0.1) is 6.92 Å². The fourth-order valence-electron chi connectivity index (χ4n) is 2.72. The summed E-state index contributed by atoms with van der Waals surface area (Å²) >= 11 is 0. The maximum Gasteiger partial charge on any atom is 0.306 e. The van der Waals surface area contributed by atoms with Crippen molar-refractivity contribution in [3.05, 3.63) is 76.3 Å². The van der Waals surface area contributed by atoms with Gasteiger partial charge in [-0.25, -0.2) is 4.98 Å². The van der Waals surface area contributed by atoms with Gasteiger partial charge in [0.1, 0.15) is 17.9 Å². The molecule has 0 bridgehead atoms. The van der Waals surface area contributed by atoms with Crippen molar-refractivity contribution in [2.75, 3.05) is 0 Å². The van der Waals surface area contributed by atoms with Crippen LogP contribution in [0.15, 0.2) is 58.1 Å². The van der Waals surface area contributed by atoms with Gasteiger partial charge in [0.05, 0.1) is 12.1 Å². The van der Waals surface area contributed by atoms with Crippen LogP contribution in [0.1, 0.15) is 23.6 Å². The standard InChI is InChI=1S/C20H17N5O4/c1-13-5-6-16-22-14(10-18(26)25(16)11-13)12-28-19(27)8-7-17-23-20(24-29-17)15-4-2-3-9-21-15/h2-6,9-11H,7-8,12H2,1H3. The third kappa shape index (κ3) is 4.34. The highest BCUT2D eigenvalue weighted by Crippen LogP contribution is 2.13.